The highest BCUT2D eigenvalue weighted by molar-refractivity contribution is 9.10. The van der Waals surface area contributed by atoms with Gasteiger partial charge in [0.25, 0.3) is 0 Å². The predicted molar refractivity (Wildman–Crippen MR) is 79.9 cm³/mol. The van der Waals surface area contributed by atoms with Gasteiger partial charge in [0.15, 0.2) is 5.78 Å². The summed E-state index contributed by atoms with van der Waals surface area (Å²) < 4.78 is 45.0. The van der Waals surface area contributed by atoms with Gasteiger partial charge in [-0.1, -0.05) is 30.3 Å². The maximum absolute atomic E-state index is 13.1. The number of halogens is 4. The smallest absolute Gasteiger partial charge is 0.419 e. The molecular formula is C16H12BrF3O2. The van der Waals surface area contributed by atoms with Gasteiger partial charge in [-0.25, -0.2) is 0 Å². The zero-order valence-corrected chi connectivity index (χ0v) is 13.2. The molecule has 0 saturated heterocycles. The largest absolute Gasteiger partial charge is 0.488 e. The van der Waals surface area contributed by atoms with Crippen molar-refractivity contribution < 1.29 is 22.7 Å². The van der Waals surface area contributed by atoms with Crippen molar-refractivity contribution in [1.29, 1.82) is 0 Å². The summed E-state index contributed by atoms with van der Waals surface area (Å²) in [5, 5.41) is 0. The van der Waals surface area contributed by atoms with Crippen LogP contribution < -0.4 is 4.74 Å². The molecule has 0 aliphatic heterocycles. The number of Topliss-reactive ketones (excluding diaryl/α,β-unsaturated/α-hetero) is 1. The third-order valence-corrected chi connectivity index (χ3v) is 3.65. The van der Waals surface area contributed by atoms with E-state index >= 15 is 0 Å². The van der Waals surface area contributed by atoms with Crippen LogP contribution in [0.4, 0.5) is 13.2 Å². The summed E-state index contributed by atoms with van der Waals surface area (Å²) in [6, 6.07) is 10.9. The molecule has 0 aliphatic carbocycles. The van der Waals surface area contributed by atoms with Gasteiger partial charge in [-0.05, 0) is 40.5 Å². The van der Waals surface area contributed by atoms with Crippen LogP contribution in [0.1, 0.15) is 28.4 Å². The van der Waals surface area contributed by atoms with Crippen LogP contribution in [-0.2, 0) is 12.8 Å². The van der Waals surface area contributed by atoms with Gasteiger partial charge in [0.1, 0.15) is 12.4 Å². The molecule has 0 radical (unpaired) electrons. The molecule has 6 heteroatoms. The van der Waals surface area contributed by atoms with Crippen LogP contribution in [0.2, 0.25) is 0 Å². The van der Waals surface area contributed by atoms with Gasteiger partial charge in [0.2, 0.25) is 0 Å². The Bertz CT molecular complexity index is 682. The standard InChI is InChI=1S/C16H12BrF3O2/c1-10(21)12-7-13(16(18,19)20)15(8-14(12)17)22-9-11-5-3-2-4-6-11/h2-8H,9H2,1H3. The topological polar surface area (TPSA) is 26.3 Å². The molecule has 2 aromatic carbocycles. The predicted octanol–water partition coefficient (Wildman–Crippen LogP) is 5.25. The number of carbonyl (C=O) groups is 1. The average Bonchev–Trinajstić information content (AvgIpc) is 2.44. The Morgan fingerprint density at radius 2 is 1.82 bits per heavy atom. The molecule has 0 aromatic heterocycles. The molecule has 0 N–H and O–H groups in total. The molecule has 0 atom stereocenters. The normalized spacial score (nSPS) is 11.3. The Kier molecular flexibility index (Phi) is 4.90. The third-order valence-electron chi connectivity index (χ3n) is 2.99. The van der Waals surface area contributed by atoms with Crippen molar-refractivity contribution in [2.75, 3.05) is 0 Å². The first-order valence-corrected chi connectivity index (χ1v) is 7.16. The Labute approximate surface area is 134 Å². The lowest BCUT2D eigenvalue weighted by Crippen LogP contribution is -2.11. The van der Waals surface area contributed by atoms with E-state index in [9.17, 15) is 18.0 Å². The SMILES string of the molecule is CC(=O)c1cc(C(F)(F)F)c(OCc2ccccc2)cc1Br. The van der Waals surface area contributed by atoms with Crippen LogP contribution in [0.3, 0.4) is 0 Å². The summed E-state index contributed by atoms with van der Waals surface area (Å²) in [7, 11) is 0. The summed E-state index contributed by atoms with van der Waals surface area (Å²) >= 11 is 3.11. The maximum atomic E-state index is 13.1. The molecule has 0 spiro atoms. The maximum Gasteiger partial charge on any atom is 0.419 e. The molecule has 2 nitrogen and oxygen atoms in total. The quantitative estimate of drug-likeness (QED) is 0.685. The van der Waals surface area contributed by atoms with Crippen molar-refractivity contribution >= 4 is 21.7 Å². The highest BCUT2D eigenvalue weighted by atomic mass is 79.9. The van der Waals surface area contributed by atoms with Crippen molar-refractivity contribution in [1.82, 2.24) is 0 Å². The van der Waals surface area contributed by atoms with E-state index in [0.29, 0.717) is 0 Å². The summed E-state index contributed by atoms with van der Waals surface area (Å²) in [5.74, 6) is -0.764. The first-order valence-electron chi connectivity index (χ1n) is 6.37. The highest BCUT2D eigenvalue weighted by Gasteiger charge is 2.35. The Morgan fingerprint density at radius 3 is 2.36 bits per heavy atom. The molecule has 0 aliphatic rings. The van der Waals surface area contributed by atoms with Crippen LogP contribution in [0.25, 0.3) is 0 Å². The van der Waals surface area contributed by atoms with Gasteiger partial charge >= 0.3 is 6.18 Å². The van der Waals surface area contributed by atoms with E-state index in [4.69, 9.17) is 4.74 Å². The minimum Gasteiger partial charge on any atom is -0.488 e. The average molecular weight is 373 g/mol. The minimum atomic E-state index is -4.60. The number of ketones is 1. The molecule has 0 bridgehead atoms. The summed E-state index contributed by atoms with van der Waals surface area (Å²) in [5.41, 5.74) is -0.237. The Morgan fingerprint density at radius 1 is 1.18 bits per heavy atom. The van der Waals surface area contributed by atoms with Crippen molar-refractivity contribution in [3.8, 4) is 5.75 Å². The molecule has 116 valence electrons. The second-order valence-corrected chi connectivity index (χ2v) is 5.51. The van der Waals surface area contributed by atoms with E-state index < -0.39 is 17.5 Å². The van der Waals surface area contributed by atoms with Crippen LogP contribution in [0, 0.1) is 0 Å². The lowest BCUT2D eigenvalue weighted by Gasteiger charge is -2.16. The number of carbonyl (C=O) groups excluding carboxylic acids is 1. The number of alkyl halides is 3. The first kappa shape index (κ1) is 16.5. The summed E-state index contributed by atoms with van der Waals surface area (Å²) in [6.45, 7) is 1.22. The molecule has 2 rings (SSSR count). The first-order chi connectivity index (χ1) is 10.3. The van der Waals surface area contributed by atoms with E-state index in [1.54, 1.807) is 24.3 Å². The van der Waals surface area contributed by atoms with Crippen LogP contribution in [0.15, 0.2) is 46.9 Å². The van der Waals surface area contributed by atoms with Crippen LogP contribution >= 0.6 is 15.9 Å². The van der Waals surface area contributed by atoms with Crippen molar-refractivity contribution in [3.63, 3.8) is 0 Å². The summed E-state index contributed by atoms with van der Waals surface area (Å²) in [4.78, 5) is 11.4. The zero-order chi connectivity index (χ0) is 16.3. The number of benzene rings is 2. The van der Waals surface area contributed by atoms with Gasteiger partial charge in [-0.3, -0.25) is 4.79 Å². The second-order valence-electron chi connectivity index (χ2n) is 4.66. The van der Waals surface area contributed by atoms with Crippen LogP contribution in [0.5, 0.6) is 5.75 Å². The molecule has 0 saturated carbocycles. The zero-order valence-electron chi connectivity index (χ0n) is 11.6. The van der Waals surface area contributed by atoms with E-state index in [1.165, 1.54) is 13.0 Å². The van der Waals surface area contributed by atoms with E-state index in [0.717, 1.165) is 11.6 Å². The third kappa shape index (κ3) is 3.88. The fourth-order valence-corrected chi connectivity index (χ4v) is 2.50. The van der Waals surface area contributed by atoms with Crippen LogP contribution in [-0.4, -0.2) is 5.78 Å². The lowest BCUT2D eigenvalue weighted by atomic mass is 10.1. The minimum absolute atomic E-state index is 0.00970. The fraction of sp³-hybridized carbons (Fsp3) is 0.188. The number of rotatable bonds is 4. The van der Waals surface area contributed by atoms with Gasteiger partial charge in [-0.2, -0.15) is 13.2 Å². The number of hydrogen-bond donors (Lipinski definition) is 0. The second kappa shape index (κ2) is 6.52. The van der Waals surface area contributed by atoms with E-state index in [2.05, 4.69) is 15.9 Å². The molecule has 0 fully saturated rings. The van der Waals surface area contributed by atoms with Gasteiger partial charge in [0, 0.05) is 10.0 Å². The molecule has 2 aromatic rings. The van der Waals surface area contributed by atoms with Crippen molar-refractivity contribution in [2.45, 2.75) is 19.7 Å². The lowest BCUT2D eigenvalue weighted by molar-refractivity contribution is -0.139. The Hall–Kier alpha value is -1.82. The van der Waals surface area contributed by atoms with E-state index in [1.807, 2.05) is 6.07 Å². The van der Waals surface area contributed by atoms with E-state index in [-0.39, 0.29) is 22.4 Å². The summed E-state index contributed by atoms with van der Waals surface area (Å²) in [6.07, 6.45) is -4.60. The Balaban J connectivity index is 2.37. The number of hydrogen-bond acceptors (Lipinski definition) is 2. The van der Waals surface area contributed by atoms with Gasteiger partial charge in [0.05, 0.1) is 5.56 Å². The van der Waals surface area contributed by atoms with Crippen molar-refractivity contribution in [3.05, 3.63) is 63.6 Å². The number of ether oxygens (including phenoxy) is 1. The molecule has 0 heterocycles. The van der Waals surface area contributed by atoms with Gasteiger partial charge in [-0.15, -0.1) is 0 Å². The van der Waals surface area contributed by atoms with Crippen molar-refractivity contribution in [2.24, 2.45) is 0 Å². The van der Waals surface area contributed by atoms with Gasteiger partial charge < -0.3 is 4.74 Å². The molecule has 0 amide bonds. The molecule has 22 heavy (non-hydrogen) atoms. The fourth-order valence-electron chi connectivity index (χ4n) is 1.90. The monoisotopic (exact) mass is 372 g/mol. The molecular weight excluding hydrogens is 361 g/mol. The highest BCUT2D eigenvalue weighted by Crippen LogP contribution is 2.39. The molecule has 0 unspecified atom stereocenters.